The average Bonchev–Trinajstić information content (AvgIpc) is 3.34. The Labute approximate surface area is 220 Å². The number of hydrogen-bond donors (Lipinski definition) is 3. The van der Waals surface area contributed by atoms with Gasteiger partial charge < -0.3 is 16.4 Å². The number of aromatic nitrogens is 3. The highest BCUT2D eigenvalue weighted by Gasteiger charge is 2.22. The van der Waals surface area contributed by atoms with Crippen LogP contribution in [0.1, 0.15) is 58.5 Å². The molecule has 190 valence electrons. The first-order valence-corrected chi connectivity index (χ1v) is 12.4. The Morgan fingerprint density at radius 3 is 2.16 bits per heavy atom. The number of carbonyl (C=O) groups is 2. The number of nitrogens with one attached hydrogen (secondary N) is 2. The summed E-state index contributed by atoms with van der Waals surface area (Å²) in [6.07, 6.45) is 1.38. The van der Waals surface area contributed by atoms with Gasteiger partial charge in [-0.2, -0.15) is 5.10 Å². The van der Waals surface area contributed by atoms with Crippen molar-refractivity contribution < 1.29 is 9.59 Å². The first-order valence-electron chi connectivity index (χ1n) is 12.4. The van der Waals surface area contributed by atoms with Crippen molar-refractivity contribution >= 4 is 28.8 Å². The molecule has 2 heterocycles. The third-order valence-electron chi connectivity index (χ3n) is 6.37. The molecule has 0 saturated carbocycles. The Kier molecular flexibility index (Phi) is 6.86. The van der Waals surface area contributed by atoms with E-state index in [0.29, 0.717) is 22.3 Å². The minimum absolute atomic E-state index is 0.122. The largest absolute Gasteiger partial charge is 0.382 e. The zero-order valence-corrected chi connectivity index (χ0v) is 21.1. The minimum Gasteiger partial charge on any atom is -0.382 e. The third-order valence-corrected chi connectivity index (χ3v) is 6.37. The second-order valence-corrected chi connectivity index (χ2v) is 9.31. The molecule has 5 aromatic rings. The molecule has 0 aliphatic carbocycles. The Bertz CT molecular complexity index is 1560. The Hall–Kier alpha value is -4.98. The number of anilines is 2. The summed E-state index contributed by atoms with van der Waals surface area (Å²) in [5, 5.41) is 10.2. The normalized spacial score (nSPS) is 11.2. The van der Waals surface area contributed by atoms with Crippen LogP contribution in [-0.2, 0) is 0 Å². The van der Waals surface area contributed by atoms with Gasteiger partial charge in [0.1, 0.15) is 11.8 Å². The zero-order chi connectivity index (χ0) is 26.6. The molecule has 2 amide bonds. The number of benzene rings is 3. The van der Waals surface area contributed by atoms with Crippen molar-refractivity contribution in [2.24, 2.45) is 0 Å². The standard InChI is InChI=1S/C30H28N6O2/c1-19(2)25-17-24(27-29(31)32-18-33-36(25)27)28(37)22-14-9-15-23(16-22)34-30(38)35-26(20-10-5-3-6-11-20)21-12-7-4-8-13-21/h3-19,26H,1-2H3,(H2,31,32,33)(H2,34,35,38). The number of rotatable bonds is 7. The van der Waals surface area contributed by atoms with Gasteiger partial charge in [-0.05, 0) is 35.2 Å². The molecule has 0 radical (unpaired) electrons. The molecular formula is C30H28N6O2. The number of fused-ring (bicyclic) bond motifs is 1. The van der Waals surface area contributed by atoms with Crippen molar-refractivity contribution in [1.82, 2.24) is 19.9 Å². The molecule has 4 N–H and O–H groups in total. The third kappa shape index (κ3) is 4.97. The van der Waals surface area contributed by atoms with Crippen molar-refractivity contribution in [3.63, 3.8) is 0 Å². The van der Waals surface area contributed by atoms with Gasteiger partial charge in [-0.1, -0.05) is 86.6 Å². The van der Waals surface area contributed by atoms with Crippen molar-refractivity contribution in [3.8, 4) is 0 Å². The van der Waals surface area contributed by atoms with Gasteiger partial charge in [0.05, 0.1) is 11.6 Å². The maximum absolute atomic E-state index is 13.6. The van der Waals surface area contributed by atoms with Crippen LogP contribution in [0, 0.1) is 0 Å². The molecule has 38 heavy (non-hydrogen) atoms. The van der Waals surface area contributed by atoms with Crippen LogP contribution in [0.2, 0.25) is 0 Å². The summed E-state index contributed by atoms with van der Waals surface area (Å²) in [5.41, 5.74) is 10.7. The summed E-state index contributed by atoms with van der Waals surface area (Å²) in [5.74, 6) is 0.125. The van der Waals surface area contributed by atoms with Crippen molar-refractivity contribution in [2.75, 3.05) is 11.1 Å². The monoisotopic (exact) mass is 504 g/mol. The van der Waals surface area contributed by atoms with E-state index in [1.807, 2.05) is 80.6 Å². The molecule has 8 nitrogen and oxygen atoms in total. The molecule has 5 rings (SSSR count). The molecule has 0 atom stereocenters. The molecule has 2 aromatic heterocycles. The van der Waals surface area contributed by atoms with E-state index in [-0.39, 0.29) is 29.6 Å². The quantitative estimate of drug-likeness (QED) is 0.251. The van der Waals surface area contributed by atoms with E-state index in [2.05, 4.69) is 20.7 Å². The summed E-state index contributed by atoms with van der Waals surface area (Å²) >= 11 is 0. The minimum atomic E-state index is -0.388. The summed E-state index contributed by atoms with van der Waals surface area (Å²) in [6, 6.07) is 27.4. The summed E-state index contributed by atoms with van der Waals surface area (Å²) < 4.78 is 1.67. The highest BCUT2D eigenvalue weighted by Crippen LogP contribution is 2.28. The van der Waals surface area contributed by atoms with E-state index >= 15 is 0 Å². The van der Waals surface area contributed by atoms with Crippen LogP contribution >= 0.6 is 0 Å². The second kappa shape index (κ2) is 10.6. The molecule has 0 unspecified atom stereocenters. The average molecular weight is 505 g/mol. The Morgan fingerprint density at radius 1 is 0.868 bits per heavy atom. The number of ketones is 1. The summed E-state index contributed by atoms with van der Waals surface area (Å²) in [4.78, 5) is 30.7. The Morgan fingerprint density at radius 2 is 1.53 bits per heavy atom. The number of hydrogen-bond acceptors (Lipinski definition) is 5. The van der Waals surface area contributed by atoms with Crippen LogP contribution in [-0.4, -0.2) is 26.4 Å². The molecule has 0 saturated heterocycles. The highest BCUT2D eigenvalue weighted by molar-refractivity contribution is 6.15. The number of nitrogens with two attached hydrogens (primary N) is 1. The van der Waals surface area contributed by atoms with Crippen LogP contribution in [0.5, 0.6) is 0 Å². The van der Waals surface area contributed by atoms with E-state index in [9.17, 15) is 9.59 Å². The van der Waals surface area contributed by atoms with Crippen LogP contribution in [0.3, 0.4) is 0 Å². The fourth-order valence-corrected chi connectivity index (χ4v) is 4.52. The first-order chi connectivity index (χ1) is 18.4. The molecule has 0 bridgehead atoms. The smallest absolute Gasteiger partial charge is 0.319 e. The summed E-state index contributed by atoms with van der Waals surface area (Å²) in [7, 11) is 0. The van der Waals surface area contributed by atoms with Gasteiger partial charge in [0.15, 0.2) is 11.6 Å². The van der Waals surface area contributed by atoms with Crippen molar-refractivity contribution in [2.45, 2.75) is 25.8 Å². The molecule has 8 heteroatoms. The van der Waals surface area contributed by atoms with E-state index in [4.69, 9.17) is 5.73 Å². The predicted octanol–water partition coefficient (Wildman–Crippen LogP) is 5.58. The molecule has 0 spiro atoms. The lowest BCUT2D eigenvalue weighted by Gasteiger charge is -2.20. The number of nitrogen functional groups attached to an aromatic ring is 1. The van der Waals surface area contributed by atoms with Gasteiger partial charge >= 0.3 is 6.03 Å². The molecule has 3 aromatic carbocycles. The number of amides is 2. The lowest BCUT2D eigenvalue weighted by molar-refractivity contribution is 0.104. The number of carbonyl (C=O) groups excluding carboxylic acids is 2. The van der Waals surface area contributed by atoms with Gasteiger partial charge in [-0.25, -0.2) is 14.3 Å². The Balaban J connectivity index is 1.40. The van der Waals surface area contributed by atoms with Gasteiger partial charge in [0, 0.05) is 16.9 Å². The van der Waals surface area contributed by atoms with E-state index in [0.717, 1.165) is 16.8 Å². The molecule has 0 aliphatic heterocycles. The number of nitrogens with zero attached hydrogens (tertiary/aromatic N) is 3. The topological polar surface area (TPSA) is 114 Å². The lowest BCUT2D eigenvalue weighted by Crippen LogP contribution is -2.33. The predicted molar refractivity (Wildman–Crippen MR) is 148 cm³/mol. The van der Waals surface area contributed by atoms with Crippen molar-refractivity contribution in [1.29, 1.82) is 0 Å². The highest BCUT2D eigenvalue weighted by atomic mass is 16.2. The van der Waals surface area contributed by atoms with Crippen LogP contribution in [0.4, 0.5) is 16.3 Å². The number of urea groups is 1. The molecule has 0 aliphatic rings. The SMILES string of the molecule is CC(C)c1cc(C(=O)c2cccc(NC(=O)NC(c3ccccc3)c3ccccc3)c2)c2c(N)ncnn12. The van der Waals surface area contributed by atoms with Crippen LogP contribution in [0.25, 0.3) is 5.52 Å². The van der Waals surface area contributed by atoms with Gasteiger partial charge in [0.25, 0.3) is 0 Å². The summed E-state index contributed by atoms with van der Waals surface area (Å²) in [6.45, 7) is 4.05. The van der Waals surface area contributed by atoms with Crippen molar-refractivity contribution in [3.05, 3.63) is 125 Å². The van der Waals surface area contributed by atoms with E-state index in [1.54, 1.807) is 28.8 Å². The van der Waals surface area contributed by atoms with E-state index < -0.39 is 0 Å². The zero-order valence-electron chi connectivity index (χ0n) is 21.1. The molecule has 0 fully saturated rings. The van der Waals surface area contributed by atoms with Crippen LogP contribution in [0.15, 0.2) is 97.3 Å². The maximum atomic E-state index is 13.6. The second-order valence-electron chi connectivity index (χ2n) is 9.31. The maximum Gasteiger partial charge on any atom is 0.319 e. The van der Waals surface area contributed by atoms with Gasteiger partial charge in [-0.15, -0.1) is 0 Å². The van der Waals surface area contributed by atoms with Gasteiger partial charge in [-0.3, -0.25) is 4.79 Å². The fourth-order valence-electron chi connectivity index (χ4n) is 4.52. The lowest BCUT2D eigenvalue weighted by atomic mass is 9.99. The first kappa shape index (κ1) is 24.7. The van der Waals surface area contributed by atoms with Crippen LogP contribution < -0.4 is 16.4 Å². The van der Waals surface area contributed by atoms with Gasteiger partial charge in [0.2, 0.25) is 0 Å². The fraction of sp³-hybridized carbons (Fsp3) is 0.133. The van der Waals surface area contributed by atoms with E-state index in [1.165, 1.54) is 6.33 Å². The molecular weight excluding hydrogens is 476 g/mol.